The van der Waals surface area contributed by atoms with Gasteiger partial charge in [0.25, 0.3) is 0 Å². The normalized spacial score (nSPS) is 24.0. The second kappa shape index (κ2) is 4.12. The molecule has 20 heavy (non-hydrogen) atoms. The molecule has 2 aliphatic rings. The second-order valence-corrected chi connectivity index (χ2v) is 6.17. The Bertz CT molecular complexity index is 711. The van der Waals surface area contributed by atoms with Crippen LogP contribution in [0.3, 0.4) is 0 Å². The van der Waals surface area contributed by atoms with Gasteiger partial charge in [-0.15, -0.1) is 0 Å². The SMILES string of the molecule is O=S(=O)(Oc1c(Cl)ccc2c1C1C=CC2O1)C(F)(F)F. The van der Waals surface area contributed by atoms with Crippen molar-refractivity contribution in [2.75, 3.05) is 0 Å². The van der Waals surface area contributed by atoms with Crippen molar-refractivity contribution in [3.8, 4) is 5.75 Å². The first-order valence-electron chi connectivity index (χ1n) is 5.37. The number of halogens is 4. The molecule has 1 aromatic carbocycles. The molecule has 0 aromatic heterocycles. The van der Waals surface area contributed by atoms with E-state index in [1.807, 2.05) is 0 Å². The molecule has 3 rings (SSSR count). The zero-order valence-electron chi connectivity index (χ0n) is 9.52. The molecule has 0 saturated heterocycles. The van der Waals surface area contributed by atoms with Crippen LogP contribution in [0.25, 0.3) is 0 Å². The van der Waals surface area contributed by atoms with E-state index in [1.54, 1.807) is 18.2 Å². The Morgan fingerprint density at radius 1 is 1.20 bits per heavy atom. The van der Waals surface area contributed by atoms with Gasteiger partial charge in [-0.3, -0.25) is 0 Å². The van der Waals surface area contributed by atoms with E-state index in [4.69, 9.17) is 16.3 Å². The van der Waals surface area contributed by atoms with E-state index in [-0.39, 0.29) is 10.6 Å². The van der Waals surface area contributed by atoms with Crippen molar-refractivity contribution in [2.45, 2.75) is 17.7 Å². The van der Waals surface area contributed by atoms with Gasteiger partial charge in [-0.05, 0) is 11.6 Å². The summed E-state index contributed by atoms with van der Waals surface area (Å²) in [6.07, 6.45) is 2.27. The lowest BCUT2D eigenvalue weighted by atomic mass is 9.96. The lowest BCUT2D eigenvalue weighted by molar-refractivity contribution is -0.0500. The molecular formula is C11H6ClF3O4S. The van der Waals surface area contributed by atoms with E-state index in [0.717, 1.165) is 0 Å². The summed E-state index contributed by atoms with van der Waals surface area (Å²) >= 11 is 5.76. The number of rotatable bonds is 2. The van der Waals surface area contributed by atoms with Crippen molar-refractivity contribution in [1.29, 1.82) is 0 Å². The summed E-state index contributed by atoms with van der Waals surface area (Å²) in [5, 5.41) is -0.221. The molecule has 2 atom stereocenters. The van der Waals surface area contributed by atoms with Crippen LogP contribution in [-0.4, -0.2) is 13.9 Å². The van der Waals surface area contributed by atoms with Crippen molar-refractivity contribution in [3.05, 3.63) is 40.4 Å². The van der Waals surface area contributed by atoms with Gasteiger partial charge in [0.2, 0.25) is 0 Å². The lowest BCUT2D eigenvalue weighted by Gasteiger charge is -2.16. The summed E-state index contributed by atoms with van der Waals surface area (Å²) in [4.78, 5) is 0. The van der Waals surface area contributed by atoms with Crippen LogP contribution in [0.4, 0.5) is 13.2 Å². The molecule has 108 valence electrons. The van der Waals surface area contributed by atoms with Crippen LogP contribution in [0, 0.1) is 0 Å². The number of benzene rings is 1. The maximum absolute atomic E-state index is 12.4. The first-order valence-corrected chi connectivity index (χ1v) is 7.16. The zero-order chi connectivity index (χ0) is 14.7. The molecule has 0 spiro atoms. The minimum atomic E-state index is -5.78. The van der Waals surface area contributed by atoms with Crippen molar-refractivity contribution in [2.24, 2.45) is 0 Å². The molecule has 2 unspecified atom stereocenters. The van der Waals surface area contributed by atoms with Crippen molar-refractivity contribution < 1.29 is 30.5 Å². The van der Waals surface area contributed by atoms with Gasteiger partial charge in [0.05, 0.1) is 5.02 Å². The van der Waals surface area contributed by atoms with Gasteiger partial charge in [-0.2, -0.15) is 21.6 Å². The van der Waals surface area contributed by atoms with E-state index in [0.29, 0.717) is 5.56 Å². The Kier molecular flexibility index (Phi) is 2.83. The summed E-state index contributed by atoms with van der Waals surface area (Å²) in [7, 11) is -5.78. The predicted molar refractivity (Wildman–Crippen MR) is 62.8 cm³/mol. The fourth-order valence-corrected chi connectivity index (χ4v) is 2.91. The molecule has 2 heterocycles. The third-order valence-corrected chi connectivity index (χ3v) is 4.25. The van der Waals surface area contributed by atoms with Crippen LogP contribution in [0.1, 0.15) is 23.3 Å². The van der Waals surface area contributed by atoms with Crippen LogP contribution in [0.15, 0.2) is 24.3 Å². The Morgan fingerprint density at radius 2 is 1.85 bits per heavy atom. The molecule has 0 radical (unpaired) electrons. The molecule has 0 saturated carbocycles. The summed E-state index contributed by atoms with van der Waals surface area (Å²) in [5.74, 6) is -0.529. The maximum atomic E-state index is 12.4. The molecule has 9 heteroatoms. The molecule has 0 aliphatic carbocycles. The lowest BCUT2D eigenvalue weighted by Crippen LogP contribution is -2.28. The molecule has 4 nitrogen and oxygen atoms in total. The minimum Gasteiger partial charge on any atom is -0.374 e. The van der Waals surface area contributed by atoms with Crippen LogP contribution in [0.2, 0.25) is 5.02 Å². The standard InChI is InChI=1S/C11H6ClF3O4S/c12-6-2-1-5-7-3-4-8(18-7)9(5)10(6)19-20(16,17)11(13,14)15/h1-4,7-8H. The van der Waals surface area contributed by atoms with E-state index in [9.17, 15) is 21.6 Å². The summed E-state index contributed by atoms with van der Waals surface area (Å²) in [5.41, 5.74) is -4.75. The van der Waals surface area contributed by atoms with Gasteiger partial charge in [0.1, 0.15) is 12.2 Å². The summed E-state index contributed by atoms with van der Waals surface area (Å²) in [6, 6.07) is 2.85. The summed E-state index contributed by atoms with van der Waals surface area (Å²) in [6.45, 7) is 0. The first kappa shape index (κ1) is 13.7. The molecular weight excluding hydrogens is 321 g/mol. The molecule has 0 fully saturated rings. The van der Waals surface area contributed by atoms with Crippen molar-refractivity contribution in [1.82, 2.24) is 0 Å². The monoisotopic (exact) mass is 326 g/mol. The zero-order valence-corrected chi connectivity index (χ0v) is 11.1. The number of hydrogen-bond acceptors (Lipinski definition) is 4. The van der Waals surface area contributed by atoms with E-state index < -0.39 is 33.6 Å². The van der Waals surface area contributed by atoms with Gasteiger partial charge in [-0.25, -0.2) is 0 Å². The van der Waals surface area contributed by atoms with Crippen LogP contribution < -0.4 is 4.18 Å². The van der Waals surface area contributed by atoms with Crippen LogP contribution in [0.5, 0.6) is 5.75 Å². The van der Waals surface area contributed by atoms with Gasteiger partial charge >= 0.3 is 15.6 Å². The fraction of sp³-hybridized carbons (Fsp3) is 0.273. The van der Waals surface area contributed by atoms with Crippen LogP contribution in [-0.2, 0) is 14.9 Å². The quantitative estimate of drug-likeness (QED) is 0.475. The first-order chi connectivity index (χ1) is 9.21. The average molecular weight is 327 g/mol. The number of ether oxygens (including phenoxy) is 1. The number of fused-ring (bicyclic) bond motifs is 5. The second-order valence-electron chi connectivity index (χ2n) is 4.22. The third kappa shape index (κ3) is 1.90. The highest BCUT2D eigenvalue weighted by Crippen LogP contribution is 2.52. The van der Waals surface area contributed by atoms with Gasteiger partial charge in [0, 0.05) is 5.56 Å². The molecule has 2 bridgehead atoms. The molecule has 0 amide bonds. The highest BCUT2D eigenvalue weighted by atomic mass is 35.5. The molecule has 0 N–H and O–H groups in total. The van der Waals surface area contributed by atoms with Crippen LogP contribution >= 0.6 is 11.6 Å². The largest absolute Gasteiger partial charge is 0.534 e. The Morgan fingerprint density at radius 3 is 2.50 bits per heavy atom. The van der Waals surface area contributed by atoms with E-state index in [2.05, 4.69) is 4.18 Å². The Labute approximate surface area is 116 Å². The minimum absolute atomic E-state index is 0.220. The highest BCUT2D eigenvalue weighted by Gasteiger charge is 2.50. The smallest absolute Gasteiger partial charge is 0.374 e. The summed E-state index contributed by atoms with van der Waals surface area (Å²) < 4.78 is 69.0. The number of hydrogen-bond donors (Lipinski definition) is 0. The fourth-order valence-electron chi connectivity index (χ4n) is 2.16. The average Bonchev–Trinajstić information content (AvgIpc) is 2.91. The number of alkyl halides is 3. The Balaban J connectivity index is 2.09. The predicted octanol–water partition coefficient (Wildman–Crippen LogP) is 3.25. The van der Waals surface area contributed by atoms with Crippen molar-refractivity contribution in [3.63, 3.8) is 0 Å². The van der Waals surface area contributed by atoms with Gasteiger partial charge < -0.3 is 8.92 Å². The Hall–Kier alpha value is -1.25. The third-order valence-electron chi connectivity index (χ3n) is 3.00. The van der Waals surface area contributed by atoms with E-state index >= 15 is 0 Å². The maximum Gasteiger partial charge on any atom is 0.534 e. The molecule has 1 aromatic rings. The van der Waals surface area contributed by atoms with Gasteiger partial charge in [-0.1, -0.05) is 29.8 Å². The highest BCUT2D eigenvalue weighted by molar-refractivity contribution is 7.88. The molecule has 2 aliphatic heterocycles. The van der Waals surface area contributed by atoms with Gasteiger partial charge in [0.15, 0.2) is 5.75 Å². The van der Waals surface area contributed by atoms with E-state index in [1.165, 1.54) is 6.07 Å². The topological polar surface area (TPSA) is 52.6 Å². The van der Waals surface area contributed by atoms with Crippen molar-refractivity contribution >= 4 is 21.7 Å².